The number of hydrogen-bond donors (Lipinski definition) is 2. The Balaban J connectivity index is 1.47. The summed E-state index contributed by atoms with van der Waals surface area (Å²) >= 11 is 1.32. The number of ether oxygens (including phenoxy) is 1. The van der Waals surface area contributed by atoms with Crippen molar-refractivity contribution in [3.8, 4) is 11.4 Å². The van der Waals surface area contributed by atoms with Gasteiger partial charge in [0.1, 0.15) is 0 Å². The van der Waals surface area contributed by atoms with E-state index in [1.165, 1.54) is 17.3 Å². The van der Waals surface area contributed by atoms with Crippen LogP contribution in [0.2, 0.25) is 0 Å². The molecule has 7 heteroatoms. The van der Waals surface area contributed by atoms with Gasteiger partial charge in [0.05, 0.1) is 11.9 Å². The maximum atomic E-state index is 11.8. The molecule has 1 fully saturated rings. The number of aromatic nitrogens is 3. The van der Waals surface area contributed by atoms with E-state index in [1.54, 1.807) is 0 Å². The third kappa shape index (κ3) is 4.56. The molecule has 0 aliphatic carbocycles. The predicted octanol–water partition coefficient (Wildman–Crippen LogP) is 2.17. The first-order valence-electron chi connectivity index (χ1n) is 7.71. The van der Waals surface area contributed by atoms with E-state index in [-0.39, 0.29) is 12.0 Å². The molecule has 1 aliphatic rings. The van der Waals surface area contributed by atoms with Crippen LogP contribution in [0.4, 0.5) is 0 Å². The lowest BCUT2D eigenvalue weighted by Crippen LogP contribution is -2.32. The summed E-state index contributed by atoms with van der Waals surface area (Å²) in [4.78, 5) is 16.2. The lowest BCUT2D eigenvalue weighted by molar-refractivity contribution is -0.119. The van der Waals surface area contributed by atoms with Crippen molar-refractivity contribution in [2.75, 3.05) is 18.9 Å². The summed E-state index contributed by atoms with van der Waals surface area (Å²) in [5.74, 6) is 0.997. The molecule has 0 spiro atoms. The first-order valence-corrected chi connectivity index (χ1v) is 8.70. The molecule has 1 atom stereocenters. The van der Waals surface area contributed by atoms with Gasteiger partial charge in [-0.25, -0.2) is 4.98 Å². The molecule has 122 valence electrons. The molecular weight excluding hydrogens is 312 g/mol. The first-order chi connectivity index (χ1) is 11.2. The average Bonchev–Trinajstić information content (AvgIpc) is 3.23. The van der Waals surface area contributed by atoms with E-state index in [4.69, 9.17) is 4.74 Å². The normalized spacial score (nSPS) is 17.3. The zero-order chi connectivity index (χ0) is 16.1. The summed E-state index contributed by atoms with van der Waals surface area (Å²) in [6.45, 7) is 3.43. The Morgan fingerprint density at radius 2 is 2.26 bits per heavy atom. The molecule has 23 heavy (non-hydrogen) atoms. The van der Waals surface area contributed by atoms with E-state index in [9.17, 15) is 4.79 Å². The number of carbonyl (C=O) groups is 1. The molecular formula is C16H20N4O2S. The number of hydrogen-bond acceptors (Lipinski definition) is 5. The van der Waals surface area contributed by atoms with Gasteiger partial charge >= 0.3 is 0 Å². The van der Waals surface area contributed by atoms with Crippen molar-refractivity contribution >= 4 is 17.7 Å². The van der Waals surface area contributed by atoms with Gasteiger partial charge in [0.15, 0.2) is 5.82 Å². The number of thioether (sulfide) groups is 1. The van der Waals surface area contributed by atoms with E-state index >= 15 is 0 Å². The Morgan fingerprint density at radius 1 is 1.43 bits per heavy atom. The molecule has 1 aliphatic heterocycles. The minimum Gasteiger partial charge on any atom is -0.376 e. The van der Waals surface area contributed by atoms with Crippen molar-refractivity contribution in [3.05, 3.63) is 29.8 Å². The molecule has 6 nitrogen and oxygen atoms in total. The second kappa shape index (κ2) is 7.61. The molecule has 0 radical (unpaired) electrons. The van der Waals surface area contributed by atoms with Gasteiger partial charge in [-0.05, 0) is 19.8 Å². The lowest BCUT2D eigenvalue weighted by atomic mass is 10.1. The minimum atomic E-state index is -0.0211. The van der Waals surface area contributed by atoms with Crippen molar-refractivity contribution in [2.24, 2.45) is 0 Å². The summed E-state index contributed by atoms with van der Waals surface area (Å²) in [7, 11) is 0. The van der Waals surface area contributed by atoms with Gasteiger partial charge in [-0.2, -0.15) is 0 Å². The highest BCUT2D eigenvalue weighted by atomic mass is 32.2. The molecule has 1 aromatic heterocycles. The number of nitrogens with one attached hydrogen (secondary N) is 2. The summed E-state index contributed by atoms with van der Waals surface area (Å²) in [5.41, 5.74) is 2.18. The van der Waals surface area contributed by atoms with E-state index in [0.717, 1.165) is 25.0 Å². The fourth-order valence-electron chi connectivity index (χ4n) is 2.37. The number of rotatable bonds is 6. The van der Waals surface area contributed by atoms with E-state index in [2.05, 4.69) is 20.5 Å². The van der Waals surface area contributed by atoms with Crippen molar-refractivity contribution in [1.82, 2.24) is 20.5 Å². The van der Waals surface area contributed by atoms with Gasteiger partial charge in [0.2, 0.25) is 11.1 Å². The summed E-state index contributed by atoms with van der Waals surface area (Å²) in [5, 5.41) is 10.5. The van der Waals surface area contributed by atoms with Crippen LogP contribution in [0.5, 0.6) is 0 Å². The lowest BCUT2D eigenvalue weighted by Gasteiger charge is -2.09. The quantitative estimate of drug-likeness (QED) is 0.793. The molecule has 3 rings (SSSR count). The Hall–Kier alpha value is -1.86. The number of aromatic amines is 1. The fraction of sp³-hybridized carbons (Fsp3) is 0.438. The molecule has 1 saturated heterocycles. The van der Waals surface area contributed by atoms with Gasteiger partial charge in [0, 0.05) is 18.7 Å². The van der Waals surface area contributed by atoms with Crippen molar-refractivity contribution in [2.45, 2.75) is 31.0 Å². The van der Waals surface area contributed by atoms with E-state index in [1.807, 2.05) is 31.2 Å². The fourth-order valence-corrected chi connectivity index (χ4v) is 2.99. The third-order valence-electron chi connectivity index (χ3n) is 3.67. The highest BCUT2D eigenvalue weighted by Gasteiger charge is 2.16. The van der Waals surface area contributed by atoms with Crippen LogP contribution in [0, 0.1) is 6.92 Å². The first kappa shape index (κ1) is 16.0. The van der Waals surface area contributed by atoms with Gasteiger partial charge < -0.3 is 10.1 Å². The van der Waals surface area contributed by atoms with Gasteiger partial charge in [-0.15, -0.1) is 5.10 Å². The topological polar surface area (TPSA) is 79.9 Å². The number of aryl methyl sites for hydroxylation is 1. The second-order valence-electron chi connectivity index (χ2n) is 5.56. The van der Waals surface area contributed by atoms with Crippen LogP contribution in [-0.2, 0) is 9.53 Å². The summed E-state index contributed by atoms with van der Waals surface area (Å²) in [6, 6.07) is 8.06. The highest BCUT2D eigenvalue weighted by Crippen LogP contribution is 2.19. The summed E-state index contributed by atoms with van der Waals surface area (Å²) in [6.07, 6.45) is 2.27. The molecule has 0 bridgehead atoms. The van der Waals surface area contributed by atoms with E-state index < -0.39 is 0 Å². The van der Waals surface area contributed by atoms with Crippen LogP contribution in [0.3, 0.4) is 0 Å². The zero-order valence-corrected chi connectivity index (χ0v) is 13.9. The Morgan fingerprint density at radius 3 is 3.00 bits per heavy atom. The average molecular weight is 332 g/mol. The largest absolute Gasteiger partial charge is 0.376 e. The highest BCUT2D eigenvalue weighted by molar-refractivity contribution is 7.99. The van der Waals surface area contributed by atoms with Gasteiger partial charge in [-0.3, -0.25) is 9.89 Å². The standard InChI is InChI=1S/C16H20N4O2S/c1-11-4-6-12(7-5-11)15-18-16(20-19-15)23-10-14(21)17-9-13-3-2-8-22-13/h4-7,13H,2-3,8-10H2,1H3,(H,17,21)(H,18,19,20)/t13-/m1/s1. The number of amides is 1. The molecule has 2 N–H and O–H groups in total. The van der Waals surface area contributed by atoms with E-state index in [0.29, 0.717) is 23.3 Å². The predicted molar refractivity (Wildman–Crippen MR) is 89.3 cm³/mol. The SMILES string of the molecule is Cc1ccc(-c2nc(SCC(=O)NC[C@H]3CCCO3)n[nH]2)cc1. The molecule has 0 unspecified atom stereocenters. The Labute approximate surface area is 139 Å². The van der Waals surface area contributed by atoms with Crippen LogP contribution in [0.25, 0.3) is 11.4 Å². The van der Waals surface area contributed by atoms with Crippen LogP contribution in [0.15, 0.2) is 29.4 Å². The number of H-pyrrole nitrogens is 1. The zero-order valence-electron chi connectivity index (χ0n) is 13.0. The molecule has 1 amide bonds. The maximum Gasteiger partial charge on any atom is 0.230 e. The molecule has 2 aromatic rings. The van der Waals surface area contributed by atoms with Crippen LogP contribution in [0.1, 0.15) is 18.4 Å². The number of carbonyl (C=O) groups excluding carboxylic acids is 1. The van der Waals surface area contributed by atoms with Crippen molar-refractivity contribution < 1.29 is 9.53 Å². The monoisotopic (exact) mass is 332 g/mol. The summed E-state index contributed by atoms with van der Waals surface area (Å²) < 4.78 is 5.48. The molecule has 2 heterocycles. The van der Waals surface area contributed by atoms with Crippen molar-refractivity contribution in [3.63, 3.8) is 0 Å². The van der Waals surface area contributed by atoms with Gasteiger partial charge in [-0.1, -0.05) is 41.6 Å². The minimum absolute atomic E-state index is 0.0211. The Kier molecular flexibility index (Phi) is 5.30. The van der Waals surface area contributed by atoms with Crippen LogP contribution in [-0.4, -0.2) is 46.1 Å². The molecule has 1 aromatic carbocycles. The van der Waals surface area contributed by atoms with Crippen molar-refractivity contribution in [1.29, 1.82) is 0 Å². The number of nitrogens with zero attached hydrogens (tertiary/aromatic N) is 2. The third-order valence-corrected chi connectivity index (χ3v) is 4.52. The molecule has 0 saturated carbocycles. The van der Waals surface area contributed by atoms with Crippen LogP contribution >= 0.6 is 11.8 Å². The Bertz CT molecular complexity index is 650. The second-order valence-corrected chi connectivity index (χ2v) is 6.50. The van der Waals surface area contributed by atoms with Crippen LogP contribution < -0.4 is 5.32 Å². The smallest absolute Gasteiger partial charge is 0.230 e. The number of benzene rings is 1. The maximum absolute atomic E-state index is 11.8. The van der Waals surface area contributed by atoms with Gasteiger partial charge in [0.25, 0.3) is 0 Å².